The molecule has 0 fully saturated rings. The lowest BCUT2D eigenvalue weighted by Crippen LogP contribution is -2.22. The van der Waals surface area contributed by atoms with Crippen molar-refractivity contribution in [2.24, 2.45) is 11.8 Å². The Morgan fingerprint density at radius 1 is 0.586 bits per heavy atom. The van der Waals surface area contributed by atoms with Crippen molar-refractivity contribution in [2.45, 2.75) is 46.6 Å². The van der Waals surface area contributed by atoms with E-state index in [1.54, 1.807) is 0 Å². The maximum atomic E-state index is 3.94. The van der Waals surface area contributed by atoms with Crippen LogP contribution >= 0.6 is 0 Å². The number of aryl methyl sites for hydroxylation is 1. The first-order valence-electron chi connectivity index (χ1n) is 21.0. The van der Waals surface area contributed by atoms with E-state index < -0.39 is 0 Å². The second-order valence-corrected chi connectivity index (χ2v) is 16.9. The lowest BCUT2D eigenvalue weighted by atomic mass is 9.78. The summed E-state index contributed by atoms with van der Waals surface area (Å²) >= 11 is 0. The molecule has 0 amide bonds. The molecule has 8 aromatic rings. The molecule has 0 saturated carbocycles. The van der Waals surface area contributed by atoms with Crippen molar-refractivity contribution < 1.29 is 0 Å². The summed E-state index contributed by atoms with van der Waals surface area (Å²) in [6.07, 6.45) is 11.6. The summed E-state index contributed by atoms with van der Waals surface area (Å²) in [6.45, 7) is 9.12. The highest BCUT2D eigenvalue weighted by Crippen LogP contribution is 2.48. The van der Waals surface area contributed by atoms with Crippen molar-refractivity contribution in [3.63, 3.8) is 0 Å². The van der Waals surface area contributed by atoms with Gasteiger partial charge in [0.25, 0.3) is 0 Å². The number of hydrogen-bond acceptors (Lipinski definition) is 1. The molecule has 0 saturated heterocycles. The average molecular weight is 748 g/mol. The van der Waals surface area contributed by atoms with Crippen molar-refractivity contribution in [3.8, 4) is 22.3 Å². The Balaban J connectivity index is 0.990. The molecule has 282 valence electrons. The van der Waals surface area contributed by atoms with Crippen LogP contribution in [-0.4, -0.2) is 0 Å². The van der Waals surface area contributed by atoms with Gasteiger partial charge in [-0.1, -0.05) is 179 Å². The molecule has 0 radical (unpaired) electrons. The number of fused-ring (bicyclic) bond motifs is 9. The fourth-order valence-corrected chi connectivity index (χ4v) is 9.53. The van der Waals surface area contributed by atoms with Gasteiger partial charge in [0, 0.05) is 11.3 Å². The molecular formula is C57H49N. The van der Waals surface area contributed by atoms with Crippen LogP contribution in [0.4, 0.5) is 5.69 Å². The standard InChI is InChI=1S/C57H49N/c1-36(2)12-11-13-37(3)32-42-25-26-43(33-38(42)4)44-28-30-48-45(34-44)29-31-52-55(51-18-9-10-19-54(51)58-57(48)52)41-23-20-40(21-24-41)53-35-46-27-22-39-14-5-6-15-47(39)56(46)50-17-8-7-16-49(50)53/h5-12,14-31,33-37,57-58H,13,32H2,1-4H3/b12-11-. The van der Waals surface area contributed by atoms with Gasteiger partial charge in [0.15, 0.2) is 0 Å². The molecule has 1 heterocycles. The van der Waals surface area contributed by atoms with Crippen molar-refractivity contribution in [2.75, 3.05) is 5.32 Å². The predicted octanol–water partition coefficient (Wildman–Crippen LogP) is 15.6. The second kappa shape index (κ2) is 14.8. The first-order valence-corrected chi connectivity index (χ1v) is 21.0. The smallest absolute Gasteiger partial charge is 0.0779 e. The van der Waals surface area contributed by atoms with Crippen LogP contribution in [0, 0.1) is 18.8 Å². The molecule has 1 heteroatoms. The van der Waals surface area contributed by atoms with E-state index in [4.69, 9.17) is 0 Å². The van der Waals surface area contributed by atoms with E-state index in [-0.39, 0.29) is 6.04 Å². The van der Waals surface area contributed by atoms with E-state index in [9.17, 15) is 0 Å². The largest absolute Gasteiger partial charge is 0.374 e. The molecule has 1 aliphatic heterocycles. The fraction of sp³-hybridized carbons (Fsp3) is 0.158. The Kier molecular flexibility index (Phi) is 9.18. The van der Waals surface area contributed by atoms with Gasteiger partial charge in [-0.3, -0.25) is 0 Å². The molecule has 0 spiro atoms. The Bertz CT molecular complexity index is 2970. The van der Waals surface area contributed by atoms with Gasteiger partial charge < -0.3 is 5.32 Å². The molecule has 2 aliphatic rings. The molecule has 1 N–H and O–H groups in total. The number of para-hydroxylation sites is 1. The summed E-state index contributed by atoms with van der Waals surface area (Å²) in [6, 6.07) is 56.8. The maximum absolute atomic E-state index is 3.94. The molecule has 58 heavy (non-hydrogen) atoms. The van der Waals surface area contributed by atoms with Gasteiger partial charge in [-0.05, 0) is 143 Å². The van der Waals surface area contributed by atoms with Crippen molar-refractivity contribution >= 4 is 49.7 Å². The summed E-state index contributed by atoms with van der Waals surface area (Å²) in [4.78, 5) is 0. The van der Waals surface area contributed by atoms with Crippen LogP contribution in [0.3, 0.4) is 0 Å². The number of nitrogens with one attached hydrogen (secondary N) is 1. The molecular weight excluding hydrogens is 699 g/mol. The van der Waals surface area contributed by atoms with Crippen LogP contribution in [0.5, 0.6) is 0 Å². The molecule has 1 aliphatic carbocycles. The highest BCUT2D eigenvalue weighted by molar-refractivity contribution is 6.23. The summed E-state index contributed by atoms with van der Waals surface area (Å²) < 4.78 is 0. The maximum Gasteiger partial charge on any atom is 0.0779 e. The average Bonchev–Trinajstić information content (AvgIpc) is 3.25. The molecule has 2 atom stereocenters. The van der Waals surface area contributed by atoms with E-state index >= 15 is 0 Å². The van der Waals surface area contributed by atoms with Gasteiger partial charge in [-0.15, -0.1) is 0 Å². The fourth-order valence-electron chi connectivity index (χ4n) is 9.53. The highest BCUT2D eigenvalue weighted by atomic mass is 14.9. The van der Waals surface area contributed by atoms with Crippen molar-refractivity contribution in [3.05, 3.63) is 209 Å². The van der Waals surface area contributed by atoms with Crippen LogP contribution in [0.15, 0.2) is 175 Å². The van der Waals surface area contributed by atoms with E-state index in [1.807, 2.05) is 0 Å². The minimum Gasteiger partial charge on any atom is -0.374 e. The summed E-state index contributed by atoms with van der Waals surface area (Å²) in [7, 11) is 0. The lowest BCUT2D eigenvalue weighted by molar-refractivity contribution is 0.585. The monoisotopic (exact) mass is 747 g/mol. The third kappa shape index (κ3) is 6.45. The first kappa shape index (κ1) is 35.9. The quantitative estimate of drug-likeness (QED) is 0.121. The Hall–Kier alpha value is -6.44. The minimum absolute atomic E-state index is 0.0632. The molecule has 0 bridgehead atoms. The number of anilines is 1. The lowest BCUT2D eigenvalue weighted by Gasteiger charge is -2.34. The summed E-state index contributed by atoms with van der Waals surface area (Å²) in [5.41, 5.74) is 16.7. The zero-order valence-corrected chi connectivity index (χ0v) is 33.9. The van der Waals surface area contributed by atoms with Crippen LogP contribution < -0.4 is 5.32 Å². The number of benzene rings is 8. The summed E-state index contributed by atoms with van der Waals surface area (Å²) in [5.74, 6) is 1.23. The third-order valence-electron chi connectivity index (χ3n) is 12.5. The number of rotatable bonds is 8. The van der Waals surface area contributed by atoms with Gasteiger partial charge in [0.2, 0.25) is 0 Å². The first-order chi connectivity index (χ1) is 28.4. The molecule has 0 aromatic heterocycles. The van der Waals surface area contributed by atoms with Crippen molar-refractivity contribution in [1.82, 2.24) is 0 Å². The summed E-state index contributed by atoms with van der Waals surface area (Å²) in [5, 5.41) is 11.7. The van der Waals surface area contributed by atoms with Crippen molar-refractivity contribution in [1.29, 1.82) is 0 Å². The van der Waals surface area contributed by atoms with Gasteiger partial charge in [0.1, 0.15) is 0 Å². The zero-order valence-electron chi connectivity index (χ0n) is 33.9. The normalized spacial score (nSPS) is 15.2. The highest BCUT2D eigenvalue weighted by Gasteiger charge is 2.31. The van der Waals surface area contributed by atoms with Gasteiger partial charge in [-0.2, -0.15) is 0 Å². The van der Waals surface area contributed by atoms with E-state index in [2.05, 4.69) is 209 Å². The van der Waals surface area contributed by atoms with Gasteiger partial charge in [-0.25, -0.2) is 0 Å². The molecule has 1 nitrogen and oxygen atoms in total. The van der Waals surface area contributed by atoms with Crippen LogP contribution in [0.25, 0.3) is 66.2 Å². The topological polar surface area (TPSA) is 12.0 Å². The number of hydrogen-bond donors (Lipinski definition) is 1. The second-order valence-electron chi connectivity index (χ2n) is 16.9. The minimum atomic E-state index is 0.0632. The SMILES string of the molecule is Cc1cc(-c2ccc3c(c2)C=CC2=C(c4ccc(-c5cc6ccc7ccccc7c6c6ccccc56)cc4)c4ccccc4NC23)ccc1CC(C)C/C=C\C(C)C. The Labute approximate surface area is 343 Å². The Morgan fingerprint density at radius 3 is 2.10 bits per heavy atom. The molecule has 8 aromatic carbocycles. The Morgan fingerprint density at radius 2 is 1.28 bits per heavy atom. The van der Waals surface area contributed by atoms with E-state index in [0.29, 0.717) is 11.8 Å². The number of allylic oxidation sites excluding steroid dienone is 2. The third-order valence-corrected chi connectivity index (χ3v) is 12.5. The van der Waals surface area contributed by atoms with Crippen LogP contribution in [-0.2, 0) is 6.42 Å². The van der Waals surface area contributed by atoms with E-state index in [1.165, 1.54) is 105 Å². The molecule has 2 unspecified atom stereocenters. The molecule has 10 rings (SSSR count). The van der Waals surface area contributed by atoms with Gasteiger partial charge >= 0.3 is 0 Å². The van der Waals surface area contributed by atoms with Gasteiger partial charge in [0.05, 0.1) is 6.04 Å². The predicted molar refractivity (Wildman–Crippen MR) is 250 cm³/mol. The van der Waals surface area contributed by atoms with E-state index in [0.717, 1.165) is 12.8 Å². The van der Waals surface area contributed by atoms with Crippen LogP contribution in [0.1, 0.15) is 66.6 Å². The zero-order chi connectivity index (χ0) is 39.3. The van der Waals surface area contributed by atoms with Crippen LogP contribution in [0.2, 0.25) is 0 Å².